The normalized spacial score (nSPS) is 13.7. The van der Waals surface area contributed by atoms with Crippen molar-refractivity contribution in [2.45, 2.75) is 25.4 Å². The average Bonchev–Trinajstić information content (AvgIpc) is 2.91. The number of carbonyl (C=O) groups is 2. The lowest BCUT2D eigenvalue weighted by Crippen LogP contribution is -2.38. The first kappa shape index (κ1) is 23.8. The third-order valence-corrected chi connectivity index (χ3v) is 5.91. The molecule has 0 unspecified atom stereocenters. The van der Waals surface area contributed by atoms with Crippen LogP contribution in [0.15, 0.2) is 54.7 Å². The Balaban J connectivity index is 1.34. The molecule has 0 bridgehead atoms. The lowest BCUT2D eigenvalue weighted by Gasteiger charge is -2.31. The Bertz CT molecular complexity index is 1270. The van der Waals surface area contributed by atoms with Crippen molar-refractivity contribution in [1.82, 2.24) is 14.9 Å². The largest absolute Gasteiger partial charge is 0.473 e. The van der Waals surface area contributed by atoms with Gasteiger partial charge < -0.3 is 14.4 Å². The topological polar surface area (TPSA) is 105 Å². The molecule has 4 rings (SSSR count). The van der Waals surface area contributed by atoms with E-state index in [4.69, 9.17) is 10.00 Å². The van der Waals surface area contributed by atoms with E-state index < -0.39 is 11.8 Å². The summed E-state index contributed by atoms with van der Waals surface area (Å²) in [7, 11) is 1.28. The number of rotatable bonds is 6. The van der Waals surface area contributed by atoms with Crippen molar-refractivity contribution in [2.24, 2.45) is 0 Å². The summed E-state index contributed by atoms with van der Waals surface area (Å²) in [6.07, 6.45) is 2.86. The van der Waals surface area contributed by atoms with Crippen LogP contribution in [0.3, 0.4) is 0 Å². The number of halogens is 1. The predicted octanol–water partition coefficient (Wildman–Crippen LogP) is 3.87. The SMILES string of the molecule is COC(=O)c1ccc(C(=O)N2CCC(c3cccc(OCc4ccc(C#N)cc4F)n3)CC2)cn1. The van der Waals surface area contributed by atoms with E-state index in [1.165, 1.54) is 31.5 Å². The van der Waals surface area contributed by atoms with Gasteiger partial charge in [-0.3, -0.25) is 4.79 Å². The zero-order chi connectivity index (χ0) is 24.8. The number of carbonyl (C=O) groups excluding carboxylic acids is 2. The number of nitrogens with zero attached hydrogens (tertiary/aromatic N) is 4. The van der Waals surface area contributed by atoms with Gasteiger partial charge in [0, 0.05) is 42.5 Å². The van der Waals surface area contributed by atoms with Gasteiger partial charge in [-0.25, -0.2) is 19.2 Å². The molecule has 8 nitrogen and oxygen atoms in total. The molecule has 2 aromatic heterocycles. The van der Waals surface area contributed by atoms with Gasteiger partial charge in [0.2, 0.25) is 5.88 Å². The third kappa shape index (κ3) is 5.61. The van der Waals surface area contributed by atoms with Gasteiger partial charge in [-0.2, -0.15) is 5.26 Å². The van der Waals surface area contributed by atoms with Gasteiger partial charge in [0.1, 0.15) is 18.1 Å². The van der Waals surface area contributed by atoms with Crippen molar-refractivity contribution in [2.75, 3.05) is 20.2 Å². The molecule has 1 aliphatic rings. The number of pyridine rings is 2. The summed E-state index contributed by atoms with van der Waals surface area (Å²) in [6.45, 7) is 1.13. The third-order valence-electron chi connectivity index (χ3n) is 5.91. The first-order valence-electron chi connectivity index (χ1n) is 11.1. The van der Waals surface area contributed by atoms with Crippen LogP contribution >= 0.6 is 0 Å². The maximum Gasteiger partial charge on any atom is 0.356 e. The van der Waals surface area contributed by atoms with Crippen molar-refractivity contribution in [3.05, 3.63) is 88.6 Å². The molecule has 0 spiro atoms. The maximum absolute atomic E-state index is 14.1. The minimum Gasteiger partial charge on any atom is -0.473 e. The Morgan fingerprint density at radius 3 is 2.63 bits per heavy atom. The van der Waals surface area contributed by atoms with Crippen molar-refractivity contribution >= 4 is 11.9 Å². The number of esters is 1. The fourth-order valence-electron chi connectivity index (χ4n) is 3.93. The maximum atomic E-state index is 14.1. The van der Waals surface area contributed by atoms with Crippen molar-refractivity contribution in [3.8, 4) is 11.9 Å². The monoisotopic (exact) mass is 474 g/mol. The molecule has 3 heterocycles. The molecule has 9 heteroatoms. The van der Waals surface area contributed by atoms with E-state index in [9.17, 15) is 14.0 Å². The Kier molecular flexibility index (Phi) is 7.31. The molecule has 1 aliphatic heterocycles. The number of methoxy groups -OCH3 is 1. The number of ether oxygens (including phenoxy) is 2. The van der Waals surface area contributed by atoms with Crippen LogP contribution in [0.1, 0.15) is 56.4 Å². The van der Waals surface area contributed by atoms with Crippen molar-refractivity contribution in [3.63, 3.8) is 0 Å². The minimum atomic E-state index is -0.550. The smallest absolute Gasteiger partial charge is 0.356 e. The summed E-state index contributed by atoms with van der Waals surface area (Å²) in [5, 5.41) is 8.86. The Morgan fingerprint density at radius 1 is 1.17 bits per heavy atom. The second-order valence-corrected chi connectivity index (χ2v) is 8.10. The predicted molar refractivity (Wildman–Crippen MR) is 123 cm³/mol. The Hall–Kier alpha value is -4.32. The van der Waals surface area contributed by atoms with Crippen LogP contribution in [0.5, 0.6) is 5.88 Å². The zero-order valence-corrected chi connectivity index (χ0v) is 19.1. The quantitative estimate of drug-likeness (QED) is 0.499. The number of benzene rings is 1. The van der Waals surface area contributed by atoms with Gasteiger partial charge in [0.25, 0.3) is 5.91 Å². The van der Waals surface area contributed by atoms with Gasteiger partial charge in [0.15, 0.2) is 0 Å². The van der Waals surface area contributed by atoms with Crippen LogP contribution in [0.2, 0.25) is 0 Å². The number of aromatic nitrogens is 2. The number of hydrogen-bond donors (Lipinski definition) is 0. The van der Waals surface area contributed by atoms with E-state index in [0.717, 1.165) is 18.5 Å². The molecule has 178 valence electrons. The molecule has 1 saturated heterocycles. The molecule has 1 amide bonds. The van der Waals surface area contributed by atoms with Gasteiger partial charge in [0.05, 0.1) is 24.3 Å². The van der Waals surface area contributed by atoms with Crippen LogP contribution in [0.25, 0.3) is 0 Å². The number of nitriles is 1. The van der Waals surface area contributed by atoms with Crippen molar-refractivity contribution < 1.29 is 23.5 Å². The Labute approximate surface area is 201 Å². The van der Waals surface area contributed by atoms with E-state index in [1.54, 1.807) is 23.1 Å². The van der Waals surface area contributed by atoms with Crippen molar-refractivity contribution in [1.29, 1.82) is 5.26 Å². The first-order valence-corrected chi connectivity index (χ1v) is 11.1. The fourth-order valence-corrected chi connectivity index (χ4v) is 3.93. The van der Waals surface area contributed by atoms with Crippen LogP contribution < -0.4 is 4.74 Å². The Morgan fingerprint density at radius 2 is 1.97 bits per heavy atom. The molecular formula is C26H23FN4O4. The van der Waals surface area contributed by atoms with E-state index in [-0.39, 0.29) is 29.7 Å². The lowest BCUT2D eigenvalue weighted by atomic mass is 9.92. The van der Waals surface area contributed by atoms with Gasteiger partial charge in [-0.15, -0.1) is 0 Å². The minimum absolute atomic E-state index is 0.00372. The molecule has 0 saturated carbocycles. The number of piperidine rings is 1. The summed E-state index contributed by atoms with van der Waals surface area (Å²) in [6, 6.07) is 14.7. The number of likely N-dealkylation sites (tertiary alicyclic amines) is 1. The molecule has 3 aromatic rings. The standard InChI is InChI=1S/C26H23FN4O4/c1-34-26(33)23-8-7-19(15-29-23)25(32)31-11-9-18(10-12-31)22-3-2-4-24(30-22)35-16-20-6-5-17(14-28)13-21(20)27/h2-8,13,15,18H,9-12,16H2,1H3. The van der Waals surface area contributed by atoms with Crippen LogP contribution in [-0.2, 0) is 11.3 Å². The van der Waals surface area contributed by atoms with Gasteiger partial charge >= 0.3 is 5.97 Å². The second kappa shape index (κ2) is 10.7. The molecular weight excluding hydrogens is 451 g/mol. The lowest BCUT2D eigenvalue weighted by molar-refractivity contribution is 0.0592. The highest BCUT2D eigenvalue weighted by atomic mass is 19.1. The number of amides is 1. The van der Waals surface area contributed by atoms with Crippen LogP contribution in [0.4, 0.5) is 4.39 Å². The highest BCUT2D eigenvalue weighted by Gasteiger charge is 2.26. The molecule has 0 aliphatic carbocycles. The molecule has 1 aromatic carbocycles. The highest BCUT2D eigenvalue weighted by Crippen LogP contribution is 2.28. The summed E-state index contributed by atoms with van der Waals surface area (Å²) in [5.74, 6) is -0.629. The summed E-state index contributed by atoms with van der Waals surface area (Å²) >= 11 is 0. The second-order valence-electron chi connectivity index (χ2n) is 8.10. The first-order chi connectivity index (χ1) is 17.0. The fraction of sp³-hybridized carbons (Fsp3) is 0.269. The molecule has 0 atom stereocenters. The summed E-state index contributed by atoms with van der Waals surface area (Å²) in [5.41, 5.74) is 2.03. The average molecular weight is 474 g/mol. The number of hydrogen-bond acceptors (Lipinski definition) is 7. The highest BCUT2D eigenvalue weighted by molar-refractivity contribution is 5.95. The van der Waals surface area contributed by atoms with Crippen LogP contribution in [0, 0.1) is 17.1 Å². The van der Waals surface area contributed by atoms with E-state index >= 15 is 0 Å². The molecule has 1 fully saturated rings. The van der Waals surface area contributed by atoms with E-state index in [0.29, 0.717) is 30.1 Å². The molecule has 0 N–H and O–H groups in total. The van der Waals surface area contributed by atoms with Gasteiger partial charge in [-0.05, 0) is 43.2 Å². The molecule has 35 heavy (non-hydrogen) atoms. The van der Waals surface area contributed by atoms with Gasteiger partial charge in [-0.1, -0.05) is 12.1 Å². The summed E-state index contributed by atoms with van der Waals surface area (Å²) in [4.78, 5) is 34.7. The van der Waals surface area contributed by atoms with E-state index in [2.05, 4.69) is 14.7 Å². The van der Waals surface area contributed by atoms with E-state index in [1.807, 2.05) is 18.2 Å². The zero-order valence-electron chi connectivity index (χ0n) is 19.1. The van der Waals surface area contributed by atoms with Crippen LogP contribution in [-0.4, -0.2) is 46.9 Å². The molecule has 0 radical (unpaired) electrons. The summed E-state index contributed by atoms with van der Waals surface area (Å²) < 4.78 is 24.4.